The zero-order valence-corrected chi connectivity index (χ0v) is 8.60. The van der Waals surface area contributed by atoms with Crippen LogP contribution in [0.3, 0.4) is 0 Å². The van der Waals surface area contributed by atoms with Gasteiger partial charge in [-0.25, -0.2) is 0 Å². The molecule has 1 rings (SSSR count). The summed E-state index contributed by atoms with van der Waals surface area (Å²) in [6.07, 6.45) is 4.34. The molecule has 1 aromatic rings. The van der Waals surface area contributed by atoms with Gasteiger partial charge in [-0.05, 0) is 29.0 Å². The van der Waals surface area contributed by atoms with Crippen molar-refractivity contribution in [1.82, 2.24) is 9.78 Å². The van der Waals surface area contributed by atoms with Crippen molar-refractivity contribution in [1.29, 1.82) is 5.26 Å². The maximum Gasteiger partial charge on any atom is 0.0945 e. The van der Waals surface area contributed by atoms with Crippen LogP contribution in [-0.4, -0.2) is 15.8 Å². The quantitative estimate of drug-likeness (QED) is 0.827. The number of nitrogens with two attached hydrogens (primary N) is 1. The SMILES string of the molecule is N#CC(N)CCn1cc(I)cn1. The van der Waals surface area contributed by atoms with Gasteiger partial charge in [0.2, 0.25) is 0 Å². The van der Waals surface area contributed by atoms with Gasteiger partial charge in [-0.3, -0.25) is 4.68 Å². The van der Waals surface area contributed by atoms with Gasteiger partial charge in [-0.1, -0.05) is 0 Å². The van der Waals surface area contributed by atoms with E-state index < -0.39 is 0 Å². The van der Waals surface area contributed by atoms with Gasteiger partial charge >= 0.3 is 0 Å². The number of hydrogen-bond acceptors (Lipinski definition) is 3. The van der Waals surface area contributed by atoms with Crippen molar-refractivity contribution in [2.45, 2.75) is 19.0 Å². The third-order valence-corrected chi connectivity index (χ3v) is 1.99. The number of nitrogens with zero attached hydrogens (tertiary/aromatic N) is 3. The molecule has 0 aliphatic carbocycles. The van der Waals surface area contributed by atoms with Crippen molar-refractivity contribution < 1.29 is 0 Å². The molecule has 0 saturated heterocycles. The third kappa shape index (κ3) is 2.79. The van der Waals surface area contributed by atoms with Crippen molar-refractivity contribution in [2.75, 3.05) is 0 Å². The zero-order chi connectivity index (χ0) is 8.97. The lowest BCUT2D eigenvalue weighted by Crippen LogP contribution is -2.19. The van der Waals surface area contributed by atoms with E-state index in [1.54, 1.807) is 10.9 Å². The Kier molecular flexibility index (Phi) is 3.49. The number of nitriles is 1. The van der Waals surface area contributed by atoms with Gasteiger partial charge in [0.25, 0.3) is 0 Å². The number of hydrogen-bond donors (Lipinski definition) is 1. The topological polar surface area (TPSA) is 67.6 Å². The second kappa shape index (κ2) is 4.42. The highest BCUT2D eigenvalue weighted by Gasteiger charge is 2.00. The van der Waals surface area contributed by atoms with Crippen LogP contribution in [0.15, 0.2) is 12.4 Å². The third-order valence-electron chi connectivity index (χ3n) is 1.44. The van der Waals surface area contributed by atoms with Gasteiger partial charge in [-0.15, -0.1) is 0 Å². The molecule has 0 amide bonds. The summed E-state index contributed by atoms with van der Waals surface area (Å²) in [5.74, 6) is 0. The van der Waals surface area contributed by atoms with Crippen molar-refractivity contribution in [3.05, 3.63) is 16.0 Å². The van der Waals surface area contributed by atoms with Gasteiger partial charge in [0.1, 0.15) is 0 Å². The maximum atomic E-state index is 8.41. The minimum absolute atomic E-state index is 0.383. The highest BCUT2D eigenvalue weighted by molar-refractivity contribution is 14.1. The fraction of sp³-hybridized carbons (Fsp3) is 0.429. The van der Waals surface area contributed by atoms with E-state index in [9.17, 15) is 0 Å². The molecular weight excluding hydrogens is 267 g/mol. The van der Waals surface area contributed by atoms with Gasteiger partial charge in [0, 0.05) is 12.7 Å². The van der Waals surface area contributed by atoms with Gasteiger partial charge in [0.05, 0.1) is 21.9 Å². The van der Waals surface area contributed by atoms with E-state index in [0.717, 1.165) is 3.57 Å². The lowest BCUT2D eigenvalue weighted by Gasteiger charge is -2.01. The van der Waals surface area contributed by atoms with Crippen LogP contribution < -0.4 is 5.73 Å². The van der Waals surface area contributed by atoms with Crippen molar-refractivity contribution in [3.8, 4) is 6.07 Å². The summed E-state index contributed by atoms with van der Waals surface area (Å²) < 4.78 is 2.89. The first-order chi connectivity index (χ1) is 5.72. The monoisotopic (exact) mass is 276 g/mol. The summed E-state index contributed by atoms with van der Waals surface area (Å²) in [6, 6.07) is 1.59. The van der Waals surface area contributed by atoms with E-state index >= 15 is 0 Å². The molecule has 1 heterocycles. The molecule has 12 heavy (non-hydrogen) atoms. The largest absolute Gasteiger partial charge is 0.316 e. The van der Waals surface area contributed by atoms with Crippen LogP contribution in [0.5, 0.6) is 0 Å². The highest BCUT2D eigenvalue weighted by Crippen LogP contribution is 2.02. The van der Waals surface area contributed by atoms with Crippen molar-refractivity contribution in [2.24, 2.45) is 5.73 Å². The average Bonchev–Trinajstić information content (AvgIpc) is 2.47. The van der Waals surface area contributed by atoms with Crippen LogP contribution in [0.4, 0.5) is 0 Å². The van der Waals surface area contributed by atoms with E-state index in [2.05, 4.69) is 27.7 Å². The minimum Gasteiger partial charge on any atom is -0.316 e. The molecule has 0 bridgehead atoms. The van der Waals surface area contributed by atoms with Crippen LogP contribution in [0.1, 0.15) is 6.42 Å². The van der Waals surface area contributed by atoms with Crippen LogP contribution in [0.2, 0.25) is 0 Å². The lowest BCUT2D eigenvalue weighted by atomic mass is 10.2. The standard InChI is InChI=1S/C7H9IN4/c8-6-4-11-12(5-6)2-1-7(10)3-9/h4-5,7H,1-2,10H2. The van der Waals surface area contributed by atoms with E-state index in [1.165, 1.54) is 0 Å². The van der Waals surface area contributed by atoms with Crippen LogP contribution in [-0.2, 0) is 6.54 Å². The van der Waals surface area contributed by atoms with Gasteiger partial charge in [-0.2, -0.15) is 10.4 Å². The Bertz CT molecular complexity index is 288. The predicted octanol–water partition coefficient (Wildman–Crippen LogP) is 0.729. The summed E-state index contributed by atoms with van der Waals surface area (Å²) >= 11 is 2.19. The van der Waals surface area contributed by atoms with Crippen molar-refractivity contribution >= 4 is 22.6 Å². The molecule has 0 spiro atoms. The normalized spacial score (nSPS) is 12.4. The Morgan fingerprint density at radius 2 is 2.58 bits per heavy atom. The van der Waals surface area contributed by atoms with Gasteiger partial charge < -0.3 is 5.73 Å². The summed E-state index contributed by atoms with van der Waals surface area (Å²) in [7, 11) is 0. The second-order valence-corrected chi connectivity index (χ2v) is 3.69. The van der Waals surface area contributed by atoms with Crippen LogP contribution in [0.25, 0.3) is 0 Å². The first-order valence-corrected chi connectivity index (χ1v) is 4.63. The molecule has 0 fully saturated rings. The number of halogens is 1. The number of rotatable bonds is 3. The summed E-state index contributed by atoms with van der Waals surface area (Å²) in [4.78, 5) is 0. The molecule has 0 aromatic carbocycles. The van der Waals surface area contributed by atoms with Crippen LogP contribution >= 0.6 is 22.6 Å². The second-order valence-electron chi connectivity index (χ2n) is 2.45. The first-order valence-electron chi connectivity index (χ1n) is 3.55. The van der Waals surface area contributed by atoms with Gasteiger partial charge in [0.15, 0.2) is 0 Å². The summed E-state index contributed by atoms with van der Waals surface area (Å²) in [5.41, 5.74) is 5.42. The van der Waals surface area contributed by atoms with E-state index in [-0.39, 0.29) is 6.04 Å². The van der Waals surface area contributed by atoms with Crippen LogP contribution in [0, 0.1) is 14.9 Å². The van der Waals surface area contributed by atoms with E-state index in [0.29, 0.717) is 13.0 Å². The maximum absolute atomic E-state index is 8.41. The molecule has 0 radical (unpaired) electrons. The lowest BCUT2D eigenvalue weighted by molar-refractivity contribution is 0.554. The number of aryl methyl sites for hydroxylation is 1. The Morgan fingerprint density at radius 1 is 1.83 bits per heavy atom. The predicted molar refractivity (Wildman–Crippen MR) is 53.1 cm³/mol. The fourth-order valence-electron chi connectivity index (χ4n) is 0.797. The van der Waals surface area contributed by atoms with E-state index in [4.69, 9.17) is 11.0 Å². The molecule has 0 aliphatic heterocycles. The molecule has 0 saturated carbocycles. The summed E-state index contributed by atoms with van der Waals surface area (Å²) in [5, 5.41) is 12.5. The highest BCUT2D eigenvalue weighted by atomic mass is 127. The fourth-order valence-corrected chi connectivity index (χ4v) is 1.24. The molecule has 4 nitrogen and oxygen atoms in total. The first kappa shape index (κ1) is 9.48. The van der Waals surface area contributed by atoms with Crippen molar-refractivity contribution in [3.63, 3.8) is 0 Å². The molecule has 2 N–H and O–H groups in total. The smallest absolute Gasteiger partial charge is 0.0945 e. The molecule has 1 unspecified atom stereocenters. The van der Waals surface area contributed by atoms with E-state index in [1.807, 2.05) is 12.3 Å². The Hall–Kier alpha value is -0.610. The molecule has 1 atom stereocenters. The molecule has 0 aliphatic rings. The Balaban J connectivity index is 2.39. The Morgan fingerprint density at radius 3 is 3.08 bits per heavy atom. The molecule has 64 valence electrons. The Labute approximate surface area is 84.5 Å². The minimum atomic E-state index is -0.383. The molecule has 1 aromatic heterocycles. The molecule has 5 heteroatoms. The molecular formula is C7H9IN4. The average molecular weight is 276 g/mol. The number of aromatic nitrogens is 2. The zero-order valence-electron chi connectivity index (χ0n) is 6.44. The summed E-state index contributed by atoms with van der Waals surface area (Å²) in [6.45, 7) is 0.706.